The van der Waals surface area contributed by atoms with E-state index in [0.717, 1.165) is 0 Å². The summed E-state index contributed by atoms with van der Waals surface area (Å²) >= 11 is 0. The molecule has 72 valence electrons. The van der Waals surface area contributed by atoms with Gasteiger partial charge in [-0.05, 0) is 12.5 Å². The van der Waals surface area contributed by atoms with Gasteiger partial charge < -0.3 is 4.74 Å². The highest BCUT2D eigenvalue weighted by Crippen LogP contribution is 2.21. The van der Waals surface area contributed by atoms with E-state index in [0.29, 0.717) is 17.9 Å². The van der Waals surface area contributed by atoms with Crippen molar-refractivity contribution in [1.82, 2.24) is 10.2 Å². The Morgan fingerprint density at radius 2 is 2.15 bits per heavy atom. The molecule has 0 aromatic carbocycles. The Hall–Kier alpha value is -1.26. The molecule has 0 fully saturated rings. The highest BCUT2D eigenvalue weighted by atomic mass is 19.3. The third kappa shape index (κ3) is 2.11. The second kappa shape index (κ2) is 4.11. The van der Waals surface area contributed by atoms with Crippen LogP contribution in [0.25, 0.3) is 0 Å². The van der Waals surface area contributed by atoms with Crippen LogP contribution in [0.5, 0.6) is 5.88 Å². The van der Waals surface area contributed by atoms with Gasteiger partial charge in [0.05, 0.1) is 7.11 Å². The summed E-state index contributed by atoms with van der Waals surface area (Å²) in [5.74, 6) is 0.312. The van der Waals surface area contributed by atoms with E-state index in [2.05, 4.69) is 10.2 Å². The quantitative estimate of drug-likeness (QED) is 0.727. The van der Waals surface area contributed by atoms with Crippen LogP contribution in [-0.4, -0.2) is 17.3 Å². The Balaban J connectivity index is 3.05. The van der Waals surface area contributed by atoms with Gasteiger partial charge in [0.1, 0.15) is 5.69 Å². The van der Waals surface area contributed by atoms with Crippen molar-refractivity contribution in [1.29, 1.82) is 0 Å². The van der Waals surface area contributed by atoms with Crippen LogP contribution in [0.4, 0.5) is 8.78 Å². The molecule has 0 spiro atoms. The van der Waals surface area contributed by atoms with Crippen molar-refractivity contribution in [3.63, 3.8) is 0 Å². The van der Waals surface area contributed by atoms with Crippen molar-refractivity contribution in [2.45, 2.75) is 19.8 Å². The summed E-state index contributed by atoms with van der Waals surface area (Å²) < 4.78 is 29.2. The van der Waals surface area contributed by atoms with Crippen LogP contribution < -0.4 is 4.74 Å². The van der Waals surface area contributed by atoms with Gasteiger partial charge >= 0.3 is 0 Å². The topological polar surface area (TPSA) is 35.0 Å². The second-order valence-electron chi connectivity index (χ2n) is 2.46. The molecule has 5 heteroatoms. The number of rotatable bonds is 3. The average molecular weight is 188 g/mol. The SMILES string of the molecule is CCc1cc(C(F)F)nnc1OC. The molecule has 0 saturated heterocycles. The van der Waals surface area contributed by atoms with Crippen LogP contribution in [0.2, 0.25) is 0 Å². The van der Waals surface area contributed by atoms with Crippen LogP contribution in [0.15, 0.2) is 6.07 Å². The summed E-state index contributed by atoms with van der Waals surface area (Å²) in [6, 6.07) is 1.32. The molecule has 1 heterocycles. The van der Waals surface area contributed by atoms with E-state index in [1.54, 1.807) is 0 Å². The lowest BCUT2D eigenvalue weighted by molar-refractivity contribution is 0.144. The first-order valence-electron chi connectivity index (χ1n) is 3.87. The van der Waals surface area contributed by atoms with Gasteiger partial charge in [-0.1, -0.05) is 6.92 Å². The number of hydrogen-bond acceptors (Lipinski definition) is 3. The van der Waals surface area contributed by atoms with E-state index in [1.807, 2.05) is 6.92 Å². The Kier molecular flexibility index (Phi) is 3.11. The Bertz CT molecular complexity index is 291. The maximum atomic E-state index is 12.2. The lowest BCUT2D eigenvalue weighted by Gasteiger charge is -2.05. The Morgan fingerprint density at radius 3 is 2.62 bits per heavy atom. The predicted octanol–water partition coefficient (Wildman–Crippen LogP) is 1.99. The minimum atomic E-state index is -2.58. The number of ether oxygens (including phenoxy) is 1. The smallest absolute Gasteiger partial charge is 0.282 e. The average Bonchev–Trinajstić information content (AvgIpc) is 2.16. The van der Waals surface area contributed by atoms with E-state index in [1.165, 1.54) is 13.2 Å². The fraction of sp³-hybridized carbons (Fsp3) is 0.500. The van der Waals surface area contributed by atoms with Crippen LogP contribution >= 0.6 is 0 Å². The summed E-state index contributed by atoms with van der Waals surface area (Å²) in [5, 5.41) is 6.87. The maximum absolute atomic E-state index is 12.2. The predicted molar refractivity (Wildman–Crippen MR) is 42.9 cm³/mol. The molecule has 0 aliphatic heterocycles. The fourth-order valence-corrected chi connectivity index (χ4v) is 0.968. The molecular formula is C8H10F2N2O. The van der Waals surface area contributed by atoms with Gasteiger partial charge in [-0.15, -0.1) is 10.2 Å². The largest absolute Gasteiger partial charge is 0.480 e. The van der Waals surface area contributed by atoms with Crippen LogP contribution in [0.1, 0.15) is 24.6 Å². The van der Waals surface area contributed by atoms with E-state index >= 15 is 0 Å². The first-order valence-corrected chi connectivity index (χ1v) is 3.87. The molecule has 0 unspecified atom stereocenters. The molecule has 3 nitrogen and oxygen atoms in total. The first kappa shape index (κ1) is 9.83. The van der Waals surface area contributed by atoms with Crippen LogP contribution in [0, 0.1) is 0 Å². The van der Waals surface area contributed by atoms with Crippen LogP contribution in [0.3, 0.4) is 0 Å². The number of halogens is 2. The van der Waals surface area contributed by atoms with Crippen molar-refractivity contribution in [2.75, 3.05) is 7.11 Å². The van der Waals surface area contributed by atoms with Crippen molar-refractivity contribution in [3.05, 3.63) is 17.3 Å². The molecule has 0 atom stereocenters. The molecule has 0 saturated carbocycles. The molecule has 13 heavy (non-hydrogen) atoms. The molecule has 0 radical (unpaired) electrons. The van der Waals surface area contributed by atoms with E-state index in [9.17, 15) is 8.78 Å². The minimum Gasteiger partial charge on any atom is -0.480 e. The van der Waals surface area contributed by atoms with Crippen molar-refractivity contribution >= 4 is 0 Å². The highest BCUT2D eigenvalue weighted by Gasteiger charge is 2.12. The van der Waals surface area contributed by atoms with Gasteiger partial charge in [-0.2, -0.15) is 0 Å². The molecule has 1 aromatic heterocycles. The zero-order chi connectivity index (χ0) is 9.84. The van der Waals surface area contributed by atoms with E-state index in [-0.39, 0.29) is 5.69 Å². The highest BCUT2D eigenvalue weighted by molar-refractivity contribution is 5.26. The zero-order valence-corrected chi connectivity index (χ0v) is 7.42. The van der Waals surface area contributed by atoms with Gasteiger partial charge in [-0.25, -0.2) is 8.78 Å². The lowest BCUT2D eigenvalue weighted by Crippen LogP contribution is -2.00. The number of alkyl halides is 2. The third-order valence-corrected chi connectivity index (χ3v) is 1.65. The second-order valence-corrected chi connectivity index (χ2v) is 2.46. The van der Waals surface area contributed by atoms with Gasteiger partial charge in [0.2, 0.25) is 5.88 Å². The molecule has 0 amide bonds. The van der Waals surface area contributed by atoms with Gasteiger partial charge in [-0.3, -0.25) is 0 Å². The van der Waals surface area contributed by atoms with E-state index in [4.69, 9.17) is 4.74 Å². The van der Waals surface area contributed by atoms with Crippen LogP contribution in [-0.2, 0) is 6.42 Å². The van der Waals surface area contributed by atoms with Crippen molar-refractivity contribution < 1.29 is 13.5 Å². The number of nitrogens with zero attached hydrogens (tertiary/aromatic N) is 2. The molecule has 1 aromatic rings. The van der Waals surface area contributed by atoms with Gasteiger partial charge in [0.25, 0.3) is 6.43 Å². The summed E-state index contributed by atoms with van der Waals surface area (Å²) in [4.78, 5) is 0. The number of methoxy groups -OCH3 is 1. The lowest BCUT2D eigenvalue weighted by atomic mass is 10.2. The maximum Gasteiger partial charge on any atom is 0.282 e. The van der Waals surface area contributed by atoms with Crippen molar-refractivity contribution in [3.8, 4) is 5.88 Å². The normalized spacial score (nSPS) is 10.5. The number of aromatic nitrogens is 2. The number of aryl methyl sites for hydroxylation is 1. The fourth-order valence-electron chi connectivity index (χ4n) is 0.968. The molecule has 1 rings (SSSR count). The van der Waals surface area contributed by atoms with Gasteiger partial charge in [0, 0.05) is 5.56 Å². The molecular weight excluding hydrogens is 178 g/mol. The molecule has 0 aliphatic rings. The molecule has 0 bridgehead atoms. The van der Waals surface area contributed by atoms with E-state index < -0.39 is 6.43 Å². The molecule has 0 aliphatic carbocycles. The summed E-state index contributed by atoms with van der Waals surface area (Å²) in [6.07, 6.45) is -1.98. The Morgan fingerprint density at radius 1 is 1.46 bits per heavy atom. The zero-order valence-electron chi connectivity index (χ0n) is 7.42. The standard InChI is InChI=1S/C8H10F2N2O/c1-3-5-4-6(7(9)10)11-12-8(5)13-2/h4,7H,3H2,1-2H3. The first-order chi connectivity index (χ1) is 6.19. The summed E-state index contributed by atoms with van der Waals surface area (Å²) in [6.45, 7) is 1.84. The monoisotopic (exact) mass is 188 g/mol. The van der Waals surface area contributed by atoms with Gasteiger partial charge in [0.15, 0.2) is 0 Å². The summed E-state index contributed by atoms with van der Waals surface area (Å²) in [7, 11) is 1.44. The summed E-state index contributed by atoms with van der Waals surface area (Å²) in [5.41, 5.74) is 0.338. The van der Waals surface area contributed by atoms with Crippen molar-refractivity contribution in [2.24, 2.45) is 0 Å². The molecule has 0 N–H and O–H groups in total. The third-order valence-electron chi connectivity index (χ3n) is 1.65. The number of hydrogen-bond donors (Lipinski definition) is 0. The Labute approximate surface area is 74.7 Å². The minimum absolute atomic E-state index is 0.308.